The number of aliphatic hydroxyl groups excluding tert-OH is 1. The van der Waals surface area contributed by atoms with Crippen LogP contribution in [-0.2, 0) is 11.2 Å². The minimum absolute atomic E-state index is 0.0653. The highest BCUT2D eigenvalue weighted by Crippen LogP contribution is 2.15. The minimum atomic E-state index is -0.282. The van der Waals surface area contributed by atoms with Crippen molar-refractivity contribution in [2.24, 2.45) is 5.92 Å². The smallest absolute Gasteiger partial charge is 0.228 e. The van der Waals surface area contributed by atoms with E-state index in [0.29, 0.717) is 6.42 Å². The molecule has 92 valence electrons. The summed E-state index contributed by atoms with van der Waals surface area (Å²) < 4.78 is 0. The van der Waals surface area contributed by atoms with Gasteiger partial charge in [-0.3, -0.25) is 4.79 Å². The van der Waals surface area contributed by atoms with E-state index in [2.05, 4.69) is 0 Å². The van der Waals surface area contributed by atoms with Crippen molar-refractivity contribution in [2.45, 2.75) is 19.3 Å². The molecule has 1 unspecified atom stereocenters. The van der Waals surface area contributed by atoms with Gasteiger partial charge >= 0.3 is 0 Å². The summed E-state index contributed by atoms with van der Waals surface area (Å²) in [4.78, 5) is 14.0. The average Bonchev–Trinajstić information content (AvgIpc) is 2.90. The first-order valence-electron chi connectivity index (χ1n) is 6.25. The summed E-state index contributed by atoms with van der Waals surface area (Å²) in [5, 5.41) is 9.37. The number of carbonyl (C=O) groups is 1. The predicted molar refractivity (Wildman–Crippen MR) is 66.5 cm³/mol. The molecule has 17 heavy (non-hydrogen) atoms. The lowest BCUT2D eigenvalue weighted by atomic mass is 9.99. The van der Waals surface area contributed by atoms with Crippen LogP contribution in [0.25, 0.3) is 0 Å². The van der Waals surface area contributed by atoms with Gasteiger partial charge < -0.3 is 10.0 Å². The Morgan fingerprint density at radius 3 is 2.47 bits per heavy atom. The van der Waals surface area contributed by atoms with Crippen LogP contribution in [0.2, 0.25) is 0 Å². The lowest BCUT2D eigenvalue weighted by Gasteiger charge is -2.21. The molecule has 0 radical (unpaired) electrons. The largest absolute Gasteiger partial charge is 0.396 e. The first kappa shape index (κ1) is 12.1. The van der Waals surface area contributed by atoms with Crippen molar-refractivity contribution in [3.8, 4) is 0 Å². The molecule has 0 saturated carbocycles. The molecule has 1 aromatic rings. The summed E-state index contributed by atoms with van der Waals surface area (Å²) in [6, 6.07) is 9.88. The fourth-order valence-electron chi connectivity index (χ4n) is 2.32. The van der Waals surface area contributed by atoms with Crippen LogP contribution in [0.1, 0.15) is 18.4 Å². The van der Waals surface area contributed by atoms with Gasteiger partial charge in [0.25, 0.3) is 0 Å². The maximum atomic E-state index is 12.1. The predicted octanol–water partition coefficient (Wildman–Crippen LogP) is 1.46. The van der Waals surface area contributed by atoms with E-state index in [0.717, 1.165) is 31.5 Å². The van der Waals surface area contributed by atoms with Gasteiger partial charge in [-0.25, -0.2) is 0 Å². The molecule has 0 spiro atoms. The normalized spacial score (nSPS) is 17.1. The van der Waals surface area contributed by atoms with Gasteiger partial charge in [0.15, 0.2) is 0 Å². The van der Waals surface area contributed by atoms with Crippen LogP contribution in [0.5, 0.6) is 0 Å². The van der Waals surface area contributed by atoms with E-state index in [-0.39, 0.29) is 18.4 Å². The van der Waals surface area contributed by atoms with Crippen LogP contribution in [-0.4, -0.2) is 35.6 Å². The van der Waals surface area contributed by atoms with E-state index in [4.69, 9.17) is 0 Å². The van der Waals surface area contributed by atoms with Crippen LogP contribution in [0.3, 0.4) is 0 Å². The summed E-state index contributed by atoms with van der Waals surface area (Å²) in [6.45, 7) is 1.64. The second-order valence-corrected chi connectivity index (χ2v) is 4.60. The Morgan fingerprint density at radius 1 is 1.24 bits per heavy atom. The Balaban J connectivity index is 1.98. The third-order valence-corrected chi connectivity index (χ3v) is 3.31. The van der Waals surface area contributed by atoms with E-state index < -0.39 is 0 Å². The Bertz CT molecular complexity index is 358. The molecule has 1 fully saturated rings. The van der Waals surface area contributed by atoms with Gasteiger partial charge in [-0.1, -0.05) is 30.3 Å². The number of hydrogen-bond donors (Lipinski definition) is 1. The maximum Gasteiger partial charge on any atom is 0.228 e. The molecule has 1 atom stereocenters. The van der Waals surface area contributed by atoms with Crippen LogP contribution in [0.15, 0.2) is 30.3 Å². The zero-order chi connectivity index (χ0) is 12.1. The Kier molecular flexibility index (Phi) is 4.15. The first-order chi connectivity index (χ1) is 8.31. The summed E-state index contributed by atoms with van der Waals surface area (Å²) in [5.74, 6) is -0.177. The molecule has 0 aromatic heterocycles. The van der Waals surface area contributed by atoms with Crippen molar-refractivity contribution in [1.82, 2.24) is 4.90 Å². The molecule has 3 nitrogen and oxygen atoms in total. The molecular weight excluding hydrogens is 214 g/mol. The molecule has 1 saturated heterocycles. The lowest BCUT2D eigenvalue weighted by Crippen LogP contribution is -2.36. The van der Waals surface area contributed by atoms with Gasteiger partial charge in [0.1, 0.15) is 0 Å². The van der Waals surface area contributed by atoms with E-state index in [1.807, 2.05) is 35.2 Å². The van der Waals surface area contributed by atoms with E-state index in [9.17, 15) is 9.90 Å². The monoisotopic (exact) mass is 233 g/mol. The molecular formula is C14H19NO2. The number of aliphatic hydroxyl groups is 1. The molecule has 1 aromatic carbocycles. The van der Waals surface area contributed by atoms with Crippen molar-refractivity contribution in [2.75, 3.05) is 19.7 Å². The van der Waals surface area contributed by atoms with Crippen LogP contribution in [0, 0.1) is 5.92 Å². The molecule has 1 N–H and O–H groups in total. The summed E-state index contributed by atoms with van der Waals surface area (Å²) in [7, 11) is 0. The van der Waals surface area contributed by atoms with Gasteiger partial charge in [0.2, 0.25) is 5.91 Å². The molecule has 2 rings (SSSR count). The topological polar surface area (TPSA) is 40.5 Å². The van der Waals surface area contributed by atoms with Crippen molar-refractivity contribution in [3.63, 3.8) is 0 Å². The Morgan fingerprint density at radius 2 is 1.88 bits per heavy atom. The maximum absolute atomic E-state index is 12.1. The summed E-state index contributed by atoms with van der Waals surface area (Å²) in [6.07, 6.45) is 2.82. The zero-order valence-corrected chi connectivity index (χ0v) is 10.0. The third-order valence-electron chi connectivity index (χ3n) is 3.31. The van der Waals surface area contributed by atoms with Crippen LogP contribution < -0.4 is 0 Å². The van der Waals surface area contributed by atoms with Crippen molar-refractivity contribution >= 4 is 5.91 Å². The molecule has 1 aliphatic rings. The van der Waals surface area contributed by atoms with Crippen LogP contribution >= 0.6 is 0 Å². The van der Waals surface area contributed by atoms with E-state index in [1.165, 1.54) is 0 Å². The lowest BCUT2D eigenvalue weighted by molar-refractivity contribution is -0.135. The van der Waals surface area contributed by atoms with Gasteiger partial charge in [0, 0.05) is 13.1 Å². The van der Waals surface area contributed by atoms with Crippen molar-refractivity contribution in [3.05, 3.63) is 35.9 Å². The van der Waals surface area contributed by atoms with E-state index >= 15 is 0 Å². The second-order valence-electron chi connectivity index (χ2n) is 4.60. The van der Waals surface area contributed by atoms with Crippen molar-refractivity contribution < 1.29 is 9.90 Å². The van der Waals surface area contributed by atoms with E-state index in [1.54, 1.807) is 0 Å². The number of benzene rings is 1. The molecule has 3 heteroatoms. The Labute approximate surface area is 102 Å². The van der Waals surface area contributed by atoms with Gasteiger partial charge in [-0.05, 0) is 24.8 Å². The highest BCUT2D eigenvalue weighted by molar-refractivity contribution is 5.79. The number of carbonyl (C=O) groups excluding carboxylic acids is 1. The summed E-state index contributed by atoms with van der Waals surface area (Å²) in [5.41, 5.74) is 1.11. The fraction of sp³-hybridized carbons (Fsp3) is 0.500. The third kappa shape index (κ3) is 3.07. The number of likely N-dealkylation sites (tertiary alicyclic amines) is 1. The second kappa shape index (κ2) is 5.82. The fourth-order valence-corrected chi connectivity index (χ4v) is 2.32. The van der Waals surface area contributed by atoms with Crippen molar-refractivity contribution in [1.29, 1.82) is 0 Å². The van der Waals surface area contributed by atoms with Gasteiger partial charge in [-0.15, -0.1) is 0 Å². The number of amides is 1. The SMILES string of the molecule is O=C(C(CO)Cc1ccccc1)N1CCCC1. The van der Waals surface area contributed by atoms with Gasteiger partial charge in [0.05, 0.1) is 12.5 Å². The number of hydrogen-bond acceptors (Lipinski definition) is 2. The van der Waals surface area contributed by atoms with Gasteiger partial charge in [-0.2, -0.15) is 0 Å². The molecule has 0 bridgehead atoms. The highest BCUT2D eigenvalue weighted by atomic mass is 16.3. The quantitative estimate of drug-likeness (QED) is 0.855. The highest BCUT2D eigenvalue weighted by Gasteiger charge is 2.25. The zero-order valence-electron chi connectivity index (χ0n) is 10.0. The number of rotatable bonds is 4. The standard InChI is InChI=1S/C14H19NO2/c16-11-13(10-12-6-2-1-3-7-12)14(17)15-8-4-5-9-15/h1-3,6-7,13,16H,4-5,8-11H2. The number of nitrogens with zero attached hydrogens (tertiary/aromatic N) is 1. The molecule has 1 aliphatic heterocycles. The molecule has 1 heterocycles. The molecule has 1 amide bonds. The minimum Gasteiger partial charge on any atom is -0.396 e. The first-order valence-corrected chi connectivity index (χ1v) is 6.25. The average molecular weight is 233 g/mol. The Hall–Kier alpha value is -1.35. The molecule has 0 aliphatic carbocycles. The summed E-state index contributed by atoms with van der Waals surface area (Å²) >= 11 is 0. The van der Waals surface area contributed by atoms with Crippen LogP contribution in [0.4, 0.5) is 0 Å².